The third-order valence-electron chi connectivity index (χ3n) is 2.91. The number of amides is 1. The van der Waals surface area contributed by atoms with Crippen LogP contribution in [0, 0.1) is 0 Å². The maximum Gasteiger partial charge on any atom is 0.414 e. The fourth-order valence-corrected chi connectivity index (χ4v) is 1.96. The summed E-state index contributed by atoms with van der Waals surface area (Å²) in [5, 5.41) is -0.205. The molecule has 0 heterocycles. The van der Waals surface area contributed by atoms with Gasteiger partial charge in [-0.25, -0.2) is 4.79 Å². The minimum Gasteiger partial charge on any atom is -0.448 e. The maximum atomic E-state index is 12.3. The van der Waals surface area contributed by atoms with E-state index >= 15 is 0 Å². The van der Waals surface area contributed by atoms with Crippen molar-refractivity contribution in [3.8, 4) is 0 Å². The van der Waals surface area contributed by atoms with Gasteiger partial charge in [-0.1, -0.05) is 48.5 Å². The quantitative estimate of drug-likeness (QED) is 0.763. The van der Waals surface area contributed by atoms with Crippen molar-refractivity contribution >= 4 is 23.4 Å². The molecule has 1 atom stereocenters. The van der Waals surface area contributed by atoms with Crippen LogP contribution < -0.4 is 4.90 Å². The van der Waals surface area contributed by atoms with Crippen LogP contribution in [-0.4, -0.2) is 18.1 Å². The van der Waals surface area contributed by atoms with Crippen LogP contribution in [0.15, 0.2) is 60.7 Å². The van der Waals surface area contributed by atoms with Crippen molar-refractivity contribution < 1.29 is 9.53 Å². The Bertz CT molecular complexity index is 558. The van der Waals surface area contributed by atoms with Gasteiger partial charge in [-0.05, 0) is 24.6 Å². The van der Waals surface area contributed by atoms with Gasteiger partial charge in [0.05, 0.1) is 11.9 Å². The summed E-state index contributed by atoms with van der Waals surface area (Å²) in [5.74, 6) is 0. The van der Waals surface area contributed by atoms with Crippen LogP contribution in [0.1, 0.15) is 12.5 Å². The molecule has 0 aromatic heterocycles. The highest BCUT2D eigenvalue weighted by molar-refractivity contribution is 6.20. The predicted molar refractivity (Wildman–Crippen MR) is 85.7 cm³/mol. The monoisotopic (exact) mass is 303 g/mol. The molecule has 0 radical (unpaired) electrons. The number of benzene rings is 2. The van der Waals surface area contributed by atoms with E-state index in [1.165, 1.54) is 0 Å². The molecule has 1 amide bonds. The van der Waals surface area contributed by atoms with E-state index in [4.69, 9.17) is 16.3 Å². The van der Waals surface area contributed by atoms with E-state index in [2.05, 4.69) is 0 Å². The molecule has 110 valence electrons. The highest BCUT2D eigenvalue weighted by Crippen LogP contribution is 2.18. The van der Waals surface area contributed by atoms with Crippen LogP contribution in [0.3, 0.4) is 0 Å². The van der Waals surface area contributed by atoms with Crippen molar-refractivity contribution in [1.82, 2.24) is 0 Å². The Morgan fingerprint density at radius 2 is 1.67 bits per heavy atom. The first kappa shape index (κ1) is 15.4. The standard InChI is InChI=1S/C17H18ClNO2/c1-14(18)13-21-17(20)19(16-10-6-3-7-11-16)12-15-8-4-2-5-9-15/h2-11,14H,12-13H2,1H3. The average molecular weight is 304 g/mol. The van der Waals surface area contributed by atoms with Crippen LogP contribution in [-0.2, 0) is 11.3 Å². The topological polar surface area (TPSA) is 29.5 Å². The Morgan fingerprint density at radius 3 is 2.24 bits per heavy atom. The van der Waals surface area contributed by atoms with Crippen molar-refractivity contribution in [3.63, 3.8) is 0 Å². The van der Waals surface area contributed by atoms with E-state index in [1.807, 2.05) is 60.7 Å². The lowest BCUT2D eigenvalue weighted by atomic mass is 10.2. The number of anilines is 1. The average Bonchev–Trinajstić information content (AvgIpc) is 2.52. The molecule has 2 aromatic rings. The largest absolute Gasteiger partial charge is 0.448 e. The second-order valence-corrected chi connectivity index (χ2v) is 5.51. The summed E-state index contributed by atoms with van der Waals surface area (Å²) >= 11 is 5.84. The Balaban J connectivity index is 2.16. The van der Waals surface area contributed by atoms with Crippen LogP contribution in [0.4, 0.5) is 10.5 Å². The molecule has 0 saturated heterocycles. The van der Waals surface area contributed by atoms with Crippen molar-refractivity contribution in [1.29, 1.82) is 0 Å². The van der Waals surface area contributed by atoms with Gasteiger partial charge >= 0.3 is 6.09 Å². The second-order valence-electron chi connectivity index (χ2n) is 4.76. The normalized spacial score (nSPS) is 11.7. The van der Waals surface area contributed by atoms with E-state index in [-0.39, 0.29) is 12.0 Å². The van der Waals surface area contributed by atoms with Crippen LogP contribution in [0.25, 0.3) is 0 Å². The molecule has 0 saturated carbocycles. The molecule has 0 aliphatic rings. The molecule has 0 aliphatic heterocycles. The van der Waals surface area contributed by atoms with Gasteiger partial charge in [-0.2, -0.15) is 0 Å². The van der Waals surface area contributed by atoms with Gasteiger partial charge in [0, 0.05) is 5.69 Å². The highest BCUT2D eigenvalue weighted by atomic mass is 35.5. The minimum atomic E-state index is -0.391. The smallest absolute Gasteiger partial charge is 0.414 e. The first-order valence-corrected chi connectivity index (χ1v) is 7.28. The zero-order valence-electron chi connectivity index (χ0n) is 11.9. The predicted octanol–water partition coefficient (Wildman–Crippen LogP) is 4.46. The molecule has 1 unspecified atom stereocenters. The molecule has 0 bridgehead atoms. The molecule has 4 heteroatoms. The van der Waals surface area contributed by atoms with Crippen molar-refractivity contribution in [2.75, 3.05) is 11.5 Å². The number of para-hydroxylation sites is 1. The van der Waals surface area contributed by atoms with Crippen molar-refractivity contribution in [2.45, 2.75) is 18.8 Å². The Kier molecular flexibility index (Phi) is 5.64. The van der Waals surface area contributed by atoms with Crippen molar-refractivity contribution in [2.24, 2.45) is 0 Å². The summed E-state index contributed by atoms with van der Waals surface area (Å²) in [6, 6.07) is 19.3. The van der Waals surface area contributed by atoms with Gasteiger partial charge in [-0.15, -0.1) is 11.6 Å². The molecule has 0 aliphatic carbocycles. The molecule has 0 spiro atoms. The van der Waals surface area contributed by atoms with Gasteiger partial charge in [0.1, 0.15) is 6.61 Å². The van der Waals surface area contributed by atoms with Gasteiger partial charge < -0.3 is 4.74 Å². The first-order chi connectivity index (χ1) is 10.2. The number of nitrogens with zero attached hydrogens (tertiary/aromatic N) is 1. The van der Waals surface area contributed by atoms with E-state index in [0.29, 0.717) is 6.54 Å². The number of hydrogen-bond acceptors (Lipinski definition) is 2. The lowest BCUT2D eigenvalue weighted by molar-refractivity contribution is 0.154. The highest BCUT2D eigenvalue weighted by Gasteiger charge is 2.18. The number of hydrogen-bond donors (Lipinski definition) is 0. The molecule has 21 heavy (non-hydrogen) atoms. The number of carbonyl (C=O) groups excluding carboxylic acids is 1. The summed E-state index contributed by atoms with van der Waals surface area (Å²) in [5.41, 5.74) is 1.84. The van der Waals surface area contributed by atoms with Crippen LogP contribution in [0.2, 0.25) is 0 Å². The lowest BCUT2D eigenvalue weighted by Crippen LogP contribution is -2.32. The van der Waals surface area contributed by atoms with E-state index in [0.717, 1.165) is 11.3 Å². The number of carbonyl (C=O) groups is 1. The molecule has 2 rings (SSSR count). The molecule has 0 fully saturated rings. The molecule has 3 nitrogen and oxygen atoms in total. The van der Waals surface area contributed by atoms with E-state index in [1.54, 1.807) is 11.8 Å². The van der Waals surface area contributed by atoms with E-state index in [9.17, 15) is 4.79 Å². The maximum absolute atomic E-state index is 12.3. The third-order valence-corrected chi connectivity index (χ3v) is 3.03. The third kappa shape index (κ3) is 4.80. The second kappa shape index (κ2) is 7.70. The molecular formula is C17H18ClNO2. The number of halogens is 1. The SMILES string of the molecule is CC(Cl)COC(=O)N(Cc1ccccc1)c1ccccc1. The zero-order chi connectivity index (χ0) is 15.1. The fourth-order valence-electron chi connectivity index (χ4n) is 1.90. The molecule has 0 N–H and O–H groups in total. The van der Waals surface area contributed by atoms with E-state index < -0.39 is 6.09 Å². The van der Waals surface area contributed by atoms with Crippen LogP contribution in [0.5, 0.6) is 0 Å². The van der Waals surface area contributed by atoms with Crippen molar-refractivity contribution in [3.05, 3.63) is 66.2 Å². The number of alkyl halides is 1. The summed E-state index contributed by atoms with van der Waals surface area (Å²) in [6.45, 7) is 2.44. The van der Waals surface area contributed by atoms with Gasteiger partial charge in [-0.3, -0.25) is 4.90 Å². The Hall–Kier alpha value is -2.00. The minimum absolute atomic E-state index is 0.193. The summed E-state index contributed by atoms with van der Waals surface area (Å²) in [7, 11) is 0. The number of rotatable bonds is 5. The Morgan fingerprint density at radius 1 is 1.10 bits per heavy atom. The molecule has 2 aromatic carbocycles. The van der Waals surface area contributed by atoms with Crippen LogP contribution >= 0.6 is 11.6 Å². The fraction of sp³-hybridized carbons (Fsp3) is 0.235. The number of ether oxygens (including phenoxy) is 1. The molecular weight excluding hydrogens is 286 g/mol. The summed E-state index contributed by atoms with van der Waals surface area (Å²) < 4.78 is 5.25. The first-order valence-electron chi connectivity index (χ1n) is 6.84. The zero-order valence-corrected chi connectivity index (χ0v) is 12.7. The summed E-state index contributed by atoms with van der Waals surface area (Å²) in [4.78, 5) is 13.9. The van der Waals surface area contributed by atoms with Gasteiger partial charge in [0.25, 0.3) is 0 Å². The van der Waals surface area contributed by atoms with Gasteiger partial charge in [0.2, 0.25) is 0 Å². The lowest BCUT2D eigenvalue weighted by Gasteiger charge is -2.22. The summed E-state index contributed by atoms with van der Waals surface area (Å²) in [6.07, 6.45) is -0.391. The Labute approximate surface area is 130 Å². The van der Waals surface area contributed by atoms with Gasteiger partial charge in [0.15, 0.2) is 0 Å².